The van der Waals surface area contributed by atoms with Crippen molar-refractivity contribution < 1.29 is 0 Å². The number of rotatable bonds is 2. The molecule has 0 saturated carbocycles. The predicted octanol–water partition coefficient (Wildman–Crippen LogP) is 3.96. The molecule has 0 amide bonds. The normalized spacial score (nSPS) is 15.8. The molecule has 21 heavy (non-hydrogen) atoms. The fraction of sp³-hybridized carbons (Fsp3) is 0. The summed E-state index contributed by atoms with van der Waals surface area (Å²) in [6.45, 7) is 0. The lowest BCUT2D eigenvalue weighted by atomic mass is 9.97. The zero-order valence-corrected chi connectivity index (χ0v) is 11.3. The lowest BCUT2D eigenvalue weighted by molar-refractivity contribution is 1.31. The highest BCUT2D eigenvalue weighted by atomic mass is 14.8. The first-order chi connectivity index (χ1) is 10.4. The van der Waals surface area contributed by atoms with Gasteiger partial charge in [-0.3, -0.25) is 9.98 Å². The Labute approximate surface area is 122 Å². The molecular weight excluding hydrogens is 258 g/mol. The summed E-state index contributed by atoms with van der Waals surface area (Å²) in [5.41, 5.74) is 5.26. The van der Waals surface area contributed by atoms with Crippen LogP contribution in [0.1, 0.15) is 11.3 Å². The molecular formula is C18H13N3. The van der Waals surface area contributed by atoms with Crippen LogP contribution in [0.2, 0.25) is 0 Å². The summed E-state index contributed by atoms with van der Waals surface area (Å²) in [4.78, 5) is 12.2. The third kappa shape index (κ3) is 1.99. The summed E-state index contributed by atoms with van der Waals surface area (Å²) >= 11 is 0. The molecule has 0 bridgehead atoms. The van der Waals surface area contributed by atoms with Gasteiger partial charge in [-0.15, -0.1) is 0 Å². The molecule has 1 aliphatic rings. The second-order valence-electron chi connectivity index (χ2n) is 4.86. The maximum atomic E-state index is 4.48. The maximum absolute atomic E-state index is 4.48. The number of fused-ring (bicyclic) bond motifs is 1. The van der Waals surface area contributed by atoms with E-state index in [1.54, 1.807) is 0 Å². The number of hydrogen-bond donors (Lipinski definition) is 1. The maximum Gasteiger partial charge on any atom is 0.0729 e. The van der Waals surface area contributed by atoms with Gasteiger partial charge in [-0.25, -0.2) is 0 Å². The highest BCUT2D eigenvalue weighted by Gasteiger charge is 2.15. The summed E-state index contributed by atoms with van der Waals surface area (Å²) in [7, 11) is 0. The van der Waals surface area contributed by atoms with Crippen molar-refractivity contribution >= 4 is 22.7 Å². The van der Waals surface area contributed by atoms with E-state index in [1.165, 1.54) is 0 Å². The number of hydrogen-bond acceptors (Lipinski definition) is 2. The van der Waals surface area contributed by atoms with Gasteiger partial charge in [0, 0.05) is 35.3 Å². The summed E-state index contributed by atoms with van der Waals surface area (Å²) in [5.74, 6) is 0. The van der Waals surface area contributed by atoms with Crippen molar-refractivity contribution in [1.82, 2.24) is 9.97 Å². The Balaban J connectivity index is 2.06. The smallest absolute Gasteiger partial charge is 0.0729 e. The zero-order valence-electron chi connectivity index (χ0n) is 11.3. The molecule has 0 radical (unpaired) electrons. The lowest BCUT2D eigenvalue weighted by Gasteiger charge is -2.11. The van der Waals surface area contributed by atoms with Gasteiger partial charge in [0.1, 0.15) is 0 Å². The van der Waals surface area contributed by atoms with Crippen molar-refractivity contribution in [2.24, 2.45) is 4.99 Å². The molecule has 3 nitrogen and oxygen atoms in total. The van der Waals surface area contributed by atoms with Gasteiger partial charge >= 0.3 is 0 Å². The summed E-state index contributed by atoms with van der Waals surface area (Å²) in [6, 6.07) is 14.3. The Hall–Kier alpha value is -2.94. The molecule has 4 rings (SSSR count). The molecule has 3 heterocycles. The van der Waals surface area contributed by atoms with E-state index in [1.807, 2.05) is 61.1 Å². The standard InChI is InChI=1S/C18H13N3/c1-2-6-15-13(5-1)14(9-12-21-15)18(16-7-3-10-19-16)17-8-4-11-20-17/h1-12,19H/b18-17-. The number of aromatic nitrogens is 2. The molecule has 0 fully saturated rings. The fourth-order valence-corrected chi connectivity index (χ4v) is 2.67. The second-order valence-corrected chi connectivity index (χ2v) is 4.86. The van der Waals surface area contributed by atoms with Gasteiger partial charge in [0.2, 0.25) is 0 Å². The Morgan fingerprint density at radius 3 is 2.76 bits per heavy atom. The quantitative estimate of drug-likeness (QED) is 0.753. The predicted molar refractivity (Wildman–Crippen MR) is 86.2 cm³/mol. The topological polar surface area (TPSA) is 41.0 Å². The molecule has 2 aromatic heterocycles. The molecule has 0 spiro atoms. The van der Waals surface area contributed by atoms with Crippen LogP contribution in [-0.2, 0) is 0 Å². The first kappa shape index (κ1) is 11.9. The number of allylic oxidation sites excluding steroid dienone is 2. The average molecular weight is 271 g/mol. The molecule has 0 aliphatic carbocycles. The third-order valence-corrected chi connectivity index (χ3v) is 3.60. The fourth-order valence-electron chi connectivity index (χ4n) is 2.67. The van der Waals surface area contributed by atoms with E-state index in [4.69, 9.17) is 0 Å². The average Bonchev–Trinajstić information content (AvgIpc) is 3.22. The summed E-state index contributed by atoms with van der Waals surface area (Å²) in [5, 5.41) is 1.13. The van der Waals surface area contributed by atoms with Crippen molar-refractivity contribution in [1.29, 1.82) is 0 Å². The lowest BCUT2D eigenvalue weighted by Crippen LogP contribution is -1.94. The third-order valence-electron chi connectivity index (χ3n) is 3.60. The van der Waals surface area contributed by atoms with Crippen molar-refractivity contribution in [3.05, 3.63) is 84.0 Å². The summed E-state index contributed by atoms with van der Waals surface area (Å²) in [6.07, 6.45) is 9.60. The number of aromatic amines is 1. The number of benzene rings is 1. The van der Waals surface area contributed by atoms with E-state index >= 15 is 0 Å². The van der Waals surface area contributed by atoms with E-state index < -0.39 is 0 Å². The summed E-state index contributed by atoms with van der Waals surface area (Å²) < 4.78 is 0. The molecule has 1 aliphatic heterocycles. The van der Waals surface area contributed by atoms with E-state index in [0.717, 1.165) is 33.4 Å². The first-order valence-electron chi connectivity index (χ1n) is 6.86. The Morgan fingerprint density at radius 1 is 1.00 bits per heavy atom. The van der Waals surface area contributed by atoms with Crippen LogP contribution in [0.25, 0.3) is 16.5 Å². The Morgan fingerprint density at radius 2 is 1.95 bits per heavy atom. The second kappa shape index (κ2) is 4.87. The van der Waals surface area contributed by atoms with Crippen LogP contribution in [0.4, 0.5) is 0 Å². The van der Waals surface area contributed by atoms with Crippen LogP contribution >= 0.6 is 0 Å². The van der Waals surface area contributed by atoms with Crippen LogP contribution in [0.5, 0.6) is 0 Å². The number of pyridine rings is 1. The van der Waals surface area contributed by atoms with Crippen LogP contribution in [-0.4, -0.2) is 16.2 Å². The SMILES string of the molecule is C1=C/C(=C(/c2ccc[nH]2)c2ccnc3ccccc23)N=C1. The van der Waals surface area contributed by atoms with Crippen molar-refractivity contribution in [2.75, 3.05) is 0 Å². The minimum atomic E-state index is 0.966. The van der Waals surface area contributed by atoms with Gasteiger partial charge in [-0.1, -0.05) is 18.2 Å². The van der Waals surface area contributed by atoms with Gasteiger partial charge < -0.3 is 4.98 Å². The first-order valence-corrected chi connectivity index (χ1v) is 6.86. The largest absolute Gasteiger partial charge is 0.361 e. The molecule has 3 aromatic rings. The highest BCUT2D eigenvalue weighted by molar-refractivity contribution is 5.98. The van der Waals surface area contributed by atoms with Crippen LogP contribution in [0.15, 0.2) is 77.7 Å². The van der Waals surface area contributed by atoms with Crippen LogP contribution in [0.3, 0.4) is 0 Å². The van der Waals surface area contributed by atoms with Crippen molar-refractivity contribution in [3.63, 3.8) is 0 Å². The van der Waals surface area contributed by atoms with Gasteiger partial charge in [0.05, 0.1) is 11.2 Å². The number of aliphatic imine (C=N–C) groups is 1. The van der Waals surface area contributed by atoms with Gasteiger partial charge in [-0.2, -0.15) is 0 Å². The number of para-hydroxylation sites is 1. The van der Waals surface area contributed by atoms with E-state index in [0.29, 0.717) is 0 Å². The molecule has 3 heteroatoms. The zero-order chi connectivity index (χ0) is 14.1. The van der Waals surface area contributed by atoms with Crippen molar-refractivity contribution in [3.8, 4) is 0 Å². The van der Waals surface area contributed by atoms with Crippen LogP contribution in [0, 0.1) is 0 Å². The van der Waals surface area contributed by atoms with Gasteiger partial charge in [0.15, 0.2) is 0 Å². The number of nitrogens with one attached hydrogen (secondary N) is 1. The minimum absolute atomic E-state index is 0.966. The molecule has 1 N–H and O–H groups in total. The minimum Gasteiger partial charge on any atom is -0.361 e. The van der Waals surface area contributed by atoms with Crippen molar-refractivity contribution in [2.45, 2.75) is 0 Å². The molecule has 0 saturated heterocycles. The van der Waals surface area contributed by atoms with E-state index in [9.17, 15) is 0 Å². The number of nitrogens with zero attached hydrogens (tertiary/aromatic N) is 2. The molecule has 100 valence electrons. The molecule has 0 atom stereocenters. The molecule has 1 aromatic carbocycles. The monoisotopic (exact) mass is 271 g/mol. The number of H-pyrrole nitrogens is 1. The van der Waals surface area contributed by atoms with Crippen LogP contribution < -0.4 is 0 Å². The Kier molecular flexibility index (Phi) is 2.75. The molecule has 0 unspecified atom stereocenters. The van der Waals surface area contributed by atoms with Gasteiger partial charge in [0.25, 0.3) is 0 Å². The van der Waals surface area contributed by atoms with E-state index in [2.05, 4.69) is 27.1 Å². The highest BCUT2D eigenvalue weighted by Crippen LogP contribution is 2.32. The van der Waals surface area contributed by atoms with E-state index in [-0.39, 0.29) is 0 Å². The Bertz CT molecular complexity index is 864. The van der Waals surface area contributed by atoms with Gasteiger partial charge in [-0.05, 0) is 42.0 Å².